The average Bonchev–Trinajstić information content (AvgIpc) is 3.02. The number of nitrogens with zero attached hydrogens (tertiary/aromatic N) is 4. The van der Waals surface area contributed by atoms with Gasteiger partial charge in [0.2, 0.25) is 10.0 Å². The summed E-state index contributed by atoms with van der Waals surface area (Å²) in [7, 11) is 2.06. The molecule has 0 atom stereocenters. The molecule has 0 unspecified atom stereocenters. The second-order valence-corrected chi connectivity index (χ2v) is 9.18. The maximum absolute atomic E-state index is 12.3. The van der Waals surface area contributed by atoms with E-state index in [1.54, 1.807) is 31.3 Å². The van der Waals surface area contributed by atoms with Gasteiger partial charge in [0.15, 0.2) is 5.96 Å². The van der Waals surface area contributed by atoms with Crippen LogP contribution in [-0.4, -0.2) is 56.2 Å². The topological polar surface area (TPSA) is 91.6 Å². The quantitative estimate of drug-likeness (QED) is 0.229. The highest BCUT2D eigenvalue weighted by atomic mass is 127. The van der Waals surface area contributed by atoms with Crippen LogP contribution in [0.15, 0.2) is 40.4 Å². The molecule has 0 saturated heterocycles. The van der Waals surface area contributed by atoms with Gasteiger partial charge in [0.1, 0.15) is 0 Å². The smallest absolute Gasteiger partial charge is 0.240 e. The molecule has 1 heterocycles. The lowest BCUT2D eigenvalue weighted by molar-refractivity contribution is 0.473. The zero-order chi connectivity index (χ0) is 21.6. The molecule has 2 N–H and O–H groups in total. The van der Waals surface area contributed by atoms with Gasteiger partial charge in [0.25, 0.3) is 0 Å². The lowest BCUT2D eigenvalue weighted by Gasteiger charge is -2.22. The molecule has 0 aliphatic heterocycles. The van der Waals surface area contributed by atoms with Crippen molar-refractivity contribution in [3.8, 4) is 0 Å². The molecule has 168 valence electrons. The highest BCUT2D eigenvalue weighted by Crippen LogP contribution is 2.18. The molecular weight excluding hydrogens is 515 g/mol. The summed E-state index contributed by atoms with van der Waals surface area (Å²) in [6.45, 7) is 7.51. The van der Waals surface area contributed by atoms with Gasteiger partial charge in [0.05, 0.1) is 10.6 Å². The minimum absolute atomic E-state index is 0. The Hall–Kier alpha value is -1.66. The Morgan fingerprint density at radius 3 is 2.43 bits per heavy atom. The van der Waals surface area contributed by atoms with Crippen molar-refractivity contribution in [3.63, 3.8) is 0 Å². The molecule has 1 aromatic heterocycles. The average molecular weight is 548 g/mol. The standard InChI is InChI=1S/C20H32N6O2S.HI/c1-15(2)19-17(14-26(6)24-19)13-25(5)20(21-4)22-11-12-23-29(27,28)18-9-7-16(3)8-10-18;/h7-10,14-15,23H,11-13H2,1-6H3,(H,21,22);1H. The van der Waals surface area contributed by atoms with Gasteiger partial charge in [0, 0.05) is 52.5 Å². The predicted molar refractivity (Wildman–Crippen MR) is 132 cm³/mol. The first-order valence-electron chi connectivity index (χ1n) is 9.64. The van der Waals surface area contributed by atoms with E-state index in [-0.39, 0.29) is 35.4 Å². The normalized spacial score (nSPS) is 12.0. The number of nitrogens with one attached hydrogen (secondary N) is 2. The van der Waals surface area contributed by atoms with Crippen LogP contribution in [0.25, 0.3) is 0 Å². The molecule has 0 aliphatic carbocycles. The van der Waals surface area contributed by atoms with Crippen molar-refractivity contribution in [3.05, 3.63) is 47.3 Å². The van der Waals surface area contributed by atoms with Crippen molar-refractivity contribution in [1.82, 2.24) is 24.7 Å². The van der Waals surface area contributed by atoms with Crippen LogP contribution in [0.2, 0.25) is 0 Å². The summed E-state index contributed by atoms with van der Waals surface area (Å²) in [5.41, 5.74) is 3.24. The Kier molecular flexibility index (Phi) is 10.2. The highest BCUT2D eigenvalue weighted by Gasteiger charge is 2.16. The van der Waals surface area contributed by atoms with Gasteiger partial charge in [-0.1, -0.05) is 31.5 Å². The maximum atomic E-state index is 12.3. The molecule has 2 rings (SSSR count). The van der Waals surface area contributed by atoms with E-state index in [1.165, 1.54) is 0 Å². The largest absolute Gasteiger partial charge is 0.355 e. The van der Waals surface area contributed by atoms with E-state index in [1.807, 2.05) is 36.8 Å². The van der Waals surface area contributed by atoms with Crippen molar-refractivity contribution in [2.75, 3.05) is 27.2 Å². The Bertz CT molecular complexity index is 939. The van der Waals surface area contributed by atoms with Crippen LogP contribution >= 0.6 is 24.0 Å². The van der Waals surface area contributed by atoms with E-state index in [0.717, 1.165) is 16.8 Å². The maximum Gasteiger partial charge on any atom is 0.240 e. The zero-order valence-corrected chi connectivity index (χ0v) is 21.7. The Labute approximate surface area is 197 Å². The number of aryl methyl sites for hydroxylation is 2. The summed E-state index contributed by atoms with van der Waals surface area (Å²) in [5.74, 6) is 1.03. The van der Waals surface area contributed by atoms with Crippen molar-refractivity contribution in [2.45, 2.75) is 38.1 Å². The van der Waals surface area contributed by atoms with Gasteiger partial charge < -0.3 is 10.2 Å². The molecule has 0 fully saturated rings. The second-order valence-electron chi connectivity index (χ2n) is 7.41. The molecule has 0 saturated carbocycles. The summed E-state index contributed by atoms with van der Waals surface area (Å²) in [6.07, 6.45) is 2.02. The molecule has 2 aromatic rings. The van der Waals surface area contributed by atoms with Crippen LogP contribution in [0, 0.1) is 6.92 Å². The van der Waals surface area contributed by atoms with Gasteiger partial charge in [-0.05, 0) is 25.0 Å². The fourth-order valence-corrected chi connectivity index (χ4v) is 4.07. The molecule has 0 spiro atoms. The number of sulfonamides is 1. The number of rotatable bonds is 8. The van der Waals surface area contributed by atoms with Gasteiger partial charge >= 0.3 is 0 Å². The third-order valence-electron chi connectivity index (χ3n) is 4.50. The van der Waals surface area contributed by atoms with Crippen LogP contribution in [0.4, 0.5) is 0 Å². The van der Waals surface area contributed by atoms with Crippen molar-refractivity contribution in [2.24, 2.45) is 12.0 Å². The number of halogens is 1. The number of guanidine groups is 1. The fraction of sp³-hybridized carbons (Fsp3) is 0.500. The first kappa shape index (κ1) is 26.4. The summed E-state index contributed by atoms with van der Waals surface area (Å²) >= 11 is 0. The SMILES string of the molecule is CN=C(NCCNS(=O)(=O)c1ccc(C)cc1)N(C)Cc1cn(C)nc1C(C)C.I. The highest BCUT2D eigenvalue weighted by molar-refractivity contribution is 14.0. The van der Waals surface area contributed by atoms with Crippen molar-refractivity contribution < 1.29 is 8.42 Å². The number of hydrogen-bond acceptors (Lipinski definition) is 4. The fourth-order valence-electron chi connectivity index (χ4n) is 3.04. The van der Waals surface area contributed by atoms with Gasteiger partial charge in [-0.25, -0.2) is 13.1 Å². The summed E-state index contributed by atoms with van der Waals surface area (Å²) < 4.78 is 29.1. The van der Waals surface area contributed by atoms with Crippen molar-refractivity contribution >= 4 is 40.0 Å². The van der Waals surface area contributed by atoms with Crippen LogP contribution in [0.5, 0.6) is 0 Å². The lowest BCUT2D eigenvalue weighted by atomic mass is 10.1. The molecule has 0 aliphatic rings. The van der Waals surface area contributed by atoms with Crippen LogP contribution in [0.3, 0.4) is 0 Å². The van der Waals surface area contributed by atoms with Crippen LogP contribution in [0.1, 0.15) is 36.6 Å². The third-order valence-corrected chi connectivity index (χ3v) is 5.97. The molecule has 30 heavy (non-hydrogen) atoms. The molecular formula is C20H33IN6O2S. The Morgan fingerprint density at radius 1 is 1.23 bits per heavy atom. The van der Waals surface area contributed by atoms with E-state index in [9.17, 15) is 8.42 Å². The Morgan fingerprint density at radius 2 is 1.87 bits per heavy atom. The monoisotopic (exact) mass is 548 g/mol. The molecule has 1 aromatic carbocycles. The van der Waals surface area contributed by atoms with Gasteiger partial charge in [-0.15, -0.1) is 24.0 Å². The number of hydrogen-bond donors (Lipinski definition) is 2. The van der Waals surface area contributed by atoms with Crippen LogP contribution in [-0.2, 0) is 23.6 Å². The number of aliphatic imine (C=N–C) groups is 1. The third kappa shape index (κ3) is 7.24. The summed E-state index contributed by atoms with van der Waals surface area (Å²) in [4.78, 5) is 6.56. The number of benzene rings is 1. The molecule has 0 bridgehead atoms. The first-order valence-corrected chi connectivity index (χ1v) is 11.1. The predicted octanol–water partition coefficient (Wildman–Crippen LogP) is 2.46. The van der Waals surface area contributed by atoms with E-state index in [0.29, 0.717) is 25.0 Å². The summed E-state index contributed by atoms with van der Waals surface area (Å²) in [6, 6.07) is 6.79. The van der Waals surface area contributed by atoms with E-state index in [4.69, 9.17) is 0 Å². The van der Waals surface area contributed by atoms with Gasteiger partial charge in [-0.2, -0.15) is 5.10 Å². The molecule has 10 heteroatoms. The van der Waals surface area contributed by atoms with E-state index < -0.39 is 10.0 Å². The molecule has 0 radical (unpaired) electrons. The van der Waals surface area contributed by atoms with E-state index in [2.05, 4.69) is 34.0 Å². The lowest BCUT2D eigenvalue weighted by Crippen LogP contribution is -2.42. The second kappa shape index (κ2) is 11.7. The summed E-state index contributed by atoms with van der Waals surface area (Å²) in [5, 5.41) is 7.74. The zero-order valence-electron chi connectivity index (χ0n) is 18.5. The molecule has 0 amide bonds. The van der Waals surface area contributed by atoms with E-state index >= 15 is 0 Å². The Balaban J connectivity index is 0.00000450. The van der Waals surface area contributed by atoms with Crippen molar-refractivity contribution in [1.29, 1.82) is 0 Å². The van der Waals surface area contributed by atoms with Gasteiger partial charge in [-0.3, -0.25) is 9.67 Å². The van der Waals surface area contributed by atoms with Crippen LogP contribution < -0.4 is 10.0 Å². The minimum atomic E-state index is -3.52. The molecule has 8 nitrogen and oxygen atoms in total. The first-order chi connectivity index (χ1) is 13.6. The number of aromatic nitrogens is 2. The minimum Gasteiger partial charge on any atom is -0.355 e.